The van der Waals surface area contributed by atoms with Crippen LogP contribution in [0, 0.1) is 20.8 Å². The summed E-state index contributed by atoms with van der Waals surface area (Å²) in [6.07, 6.45) is 1.44. The van der Waals surface area contributed by atoms with E-state index in [1.54, 1.807) is 31.2 Å². The molecule has 0 spiro atoms. The van der Waals surface area contributed by atoms with Gasteiger partial charge in [0.15, 0.2) is 0 Å². The van der Waals surface area contributed by atoms with Gasteiger partial charge < -0.3 is 10.1 Å². The highest BCUT2D eigenvalue weighted by molar-refractivity contribution is 7.92. The van der Waals surface area contributed by atoms with Gasteiger partial charge in [-0.1, -0.05) is 25.1 Å². The van der Waals surface area contributed by atoms with E-state index in [0.717, 1.165) is 22.9 Å². The van der Waals surface area contributed by atoms with Crippen LogP contribution in [-0.4, -0.2) is 33.7 Å². The second-order valence-electron chi connectivity index (χ2n) is 7.71. The van der Waals surface area contributed by atoms with Gasteiger partial charge in [0.25, 0.3) is 0 Å². The van der Waals surface area contributed by atoms with Crippen LogP contribution in [0.2, 0.25) is 0 Å². The topological polar surface area (TPSA) is 75.7 Å². The molecule has 164 valence electrons. The Morgan fingerprint density at radius 2 is 1.73 bits per heavy atom. The van der Waals surface area contributed by atoms with Crippen LogP contribution in [0.15, 0.2) is 36.4 Å². The molecule has 2 aromatic carbocycles. The van der Waals surface area contributed by atoms with Crippen LogP contribution in [0.25, 0.3) is 0 Å². The summed E-state index contributed by atoms with van der Waals surface area (Å²) in [5.41, 5.74) is 4.86. The third-order valence-corrected chi connectivity index (χ3v) is 6.53. The van der Waals surface area contributed by atoms with E-state index >= 15 is 0 Å². The summed E-state index contributed by atoms with van der Waals surface area (Å²) in [4.78, 5) is 13.2. The molecular weight excluding hydrogens is 400 g/mol. The summed E-state index contributed by atoms with van der Waals surface area (Å²) in [6.45, 7) is 9.82. The molecule has 0 fully saturated rings. The van der Waals surface area contributed by atoms with Crippen LogP contribution in [0.1, 0.15) is 48.6 Å². The molecule has 0 unspecified atom stereocenters. The summed E-state index contributed by atoms with van der Waals surface area (Å²) < 4.78 is 31.7. The number of benzene rings is 2. The normalized spacial score (nSPS) is 13.4. The molecule has 0 saturated carbocycles. The lowest BCUT2D eigenvalue weighted by Gasteiger charge is -2.31. The van der Waals surface area contributed by atoms with Gasteiger partial charge in [0.2, 0.25) is 15.9 Å². The number of anilines is 1. The number of aryl methyl sites for hydroxylation is 3. The Hall–Kier alpha value is -2.54. The van der Waals surface area contributed by atoms with Gasteiger partial charge in [0.1, 0.15) is 11.8 Å². The van der Waals surface area contributed by atoms with Gasteiger partial charge >= 0.3 is 0 Å². The van der Waals surface area contributed by atoms with E-state index in [9.17, 15) is 13.2 Å². The molecule has 1 N–H and O–H groups in total. The number of rotatable bonds is 8. The highest BCUT2D eigenvalue weighted by atomic mass is 32.2. The minimum atomic E-state index is -3.70. The van der Waals surface area contributed by atoms with Crippen molar-refractivity contribution >= 4 is 21.6 Å². The lowest BCUT2D eigenvalue weighted by Crippen LogP contribution is -2.49. The number of carbonyl (C=O) groups excluding carboxylic acids is 1. The molecule has 0 radical (unpaired) electrons. The SMILES string of the molecule is CC[C@H](C(=O)N[C@H](C)c1cc(C)c(C)cc1C)N(c1cccc(OC)c1)S(C)(=O)=O. The van der Waals surface area contributed by atoms with Crippen molar-refractivity contribution in [2.45, 2.75) is 53.1 Å². The monoisotopic (exact) mass is 432 g/mol. The Balaban J connectivity index is 2.37. The maximum absolute atomic E-state index is 13.2. The first kappa shape index (κ1) is 23.7. The summed E-state index contributed by atoms with van der Waals surface area (Å²) in [5, 5.41) is 3.01. The fraction of sp³-hybridized carbons (Fsp3) is 0.435. The minimum Gasteiger partial charge on any atom is -0.497 e. The average Bonchev–Trinajstić information content (AvgIpc) is 2.67. The van der Waals surface area contributed by atoms with Crippen molar-refractivity contribution in [3.63, 3.8) is 0 Å². The van der Waals surface area contributed by atoms with E-state index in [1.165, 1.54) is 17.0 Å². The zero-order valence-corrected chi connectivity index (χ0v) is 19.6. The maximum atomic E-state index is 13.2. The molecule has 6 nitrogen and oxygen atoms in total. The van der Waals surface area contributed by atoms with E-state index in [4.69, 9.17) is 4.74 Å². The standard InChI is InChI=1S/C23H32N2O4S/c1-8-22(25(30(7,27)28)19-10-9-11-20(14-19)29-6)23(26)24-18(5)21-13-16(3)15(2)12-17(21)4/h9-14,18,22H,8H2,1-7H3,(H,24,26)/t18-,22-/m1/s1. The predicted octanol–water partition coefficient (Wildman–Crippen LogP) is 4.04. The smallest absolute Gasteiger partial charge is 0.244 e. The number of hydrogen-bond acceptors (Lipinski definition) is 4. The lowest BCUT2D eigenvalue weighted by molar-refractivity contribution is -0.122. The van der Waals surface area contributed by atoms with Crippen LogP contribution in [0.5, 0.6) is 5.75 Å². The van der Waals surface area contributed by atoms with E-state index in [0.29, 0.717) is 17.9 Å². The van der Waals surface area contributed by atoms with Gasteiger partial charge in [-0.05, 0) is 68.5 Å². The number of amides is 1. The Morgan fingerprint density at radius 1 is 1.10 bits per heavy atom. The number of sulfonamides is 1. The maximum Gasteiger partial charge on any atom is 0.244 e. The molecule has 2 rings (SSSR count). The van der Waals surface area contributed by atoms with Gasteiger partial charge in [-0.3, -0.25) is 9.10 Å². The van der Waals surface area contributed by atoms with Crippen molar-refractivity contribution < 1.29 is 17.9 Å². The first-order valence-electron chi connectivity index (χ1n) is 10.0. The first-order valence-corrected chi connectivity index (χ1v) is 11.9. The van der Waals surface area contributed by atoms with Crippen molar-refractivity contribution in [1.29, 1.82) is 0 Å². The first-order chi connectivity index (χ1) is 14.0. The molecule has 2 atom stereocenters. The summed E-state index contributed by atoms with van der Waals surface area (Å²) in [6, 6.07) is 9.77. The van der Waals surface area contributed by atoms with Gasteiger partial charge in [-0.2, -0.15) is 0 Å². The predicted molar refractivity (Wildman–Crippen MR) is 122 cm³/mol. The number of ether oxygens (including phenoxy) is 1. The van der Waals surface area contributed by atoms with Gasteiger partial charge in [-0.15, -0.1) is 0 Å². The number of nitrogens with zero attached hydrogens (tertiary/aromatic N) is 1. The van der Waals surface area contributed by atoms with Crippen LogP contribution in [0.3, 0.4) is 0 Å². The molecule has 1 amide bonds. The summed E-state index contributed by atoms with van der Waals surface area (Å²) in [5.74, 6) is 0.186. The van der Waals surface area contributed by atoms with Crippen LogP contribution >= 0.6 is 0 Å². The largest absolute Gasteiger partial charge is 0.497 e. The second kappa shape index (κ2) is 9.51. The van der Waals surface area contributed by atoms with Crippen molar-refractivity contribution in [1.82, 2.24) is 5.32 Å². The molecule has 0 aliphatic rings. The molecule has 0 heterocycles. The minimum absolute atomic E-state index is 0.252. The van der Waals surface area contributed by atoms with E-state index < -0.39 is 16.1 Å². The molecular formula is C23H32N2O4S. The number of methoxy groups -OCH3 is 1. The van der Waals surface area contributed by atoms with Crippen LogP contribution in [-0.2, 0) is 14.8 Å². The molecule has 0 aliphatic carbocycles. The Bertz CT molecular complexity index is 1020. The van der Waals surface area contributed by atoms with Crippen molar-refractivity contribution in [3.8, 4) is 5.75 Å². The zero-order valence-electron chi connectivity index (χ0n) is 18.8. The molecule has 0 saturated heterocycles. The molecule has 0 aromatic heterocycles. The van der Waals surface area contributed by atoms with E-state index in [1.807, 2.05) is 20.8 Å². The highest BCUT2D eigenvalue weighted by Gasteiger charge is 2.32. The molecule has 0 aliphatic heterocycles. The molecule has 7 heteroatoms. The van der Waals surface area contributed by atoms with Crippen LogP contribution < -0.4 is 14.4 Å². The summed E-state index contributed by atoms with van der Waals surface area (Å²) >= 11 is 0. The Labute approximate surface area is 180 Å². The third kappa shape index (κ3) is 5.33. The highest BCUT2D eigenvalue weighted by Crippen LogP contribution is 2.27. The number of carbonyl (C=O) groups is 1. The van der Waals surface area contributed by atoms with Gasteiger partial charge in [0.05, 0.1) is 25.1 Å². The second-order valence-corrected chi connectivity index (χ2v) is 9.57. The molecule has 2 aromatic rings. The van der Waals surface area contributed by atoms with E-state index in [-0.39, 0.29) is 11.9 Å². The Kier molecular flexibility index (Phi) is 7.53. The van der Waals surface area contributed by atoms with E-state index in [2.05, 4.69) is 24.4 Å². The number of hydrogen-bond donors (Lipinski definition) is 1. The van der Waals surface area contributed by atoms with Gasteiger partial charge in [0, 0.05) is 6.07 Å². The molecule has 0 bridgehead atoms. The van der Waals surface area contributed by atoms with Gasteiger partial charge in [-0.25, -0.2) is 8.42 Å². The van der Waals surface area contributed by atoms with Crippen molar-refractivity contribution in [2.75, 3.05) is 17.7 Å². The quantitative estimate of drug-likeness (QED) is 0.683. The van der Waals surface area contributed by atoms with Crippen molar-refractivity contribution in [3.05, 3.63) is 58.7 Å². The fourth-order valence-corrected chi connectivity index (χ4v) is 4.85. The zero-order chi connectivity index (χ0) is 22.6. The Morgan fingerprint density at radius 3 is 2.30 bits per heavy atom. The lowest BCUT2D eigenvalue weighted by atomic mass is 9.96. The fourth-order valence-electron chi connectivity index (χ4n) is 3.64. The third-order valence-electron chi connectivity index (χ3n) is 5.35. The molecule has 30 heavy (non-hydrogen) atoms. The van der Waals surface area contributed by atoms with Crippen molar-refractivity contribution in [2.24, 2.45) is 0 Å². The average molecular weight is 433 g/mol. The van der Waals surface area contributed by atoms with Crippen LogP contribution in [0.4, 0.5) is 5.69 Å². The number of nitrogens with one attached hydrogen (secondary N) is 1. The summed E-state index contributed by atoms with van der Waals surface area (Å²) in [7, 11) is -2.19.